The van der Waals surface area contributed by atoms with E-state index in [2.05, 4.69) is 22.4 Å². The van der Waals surface area contributed by atoms with Crippen LogP contribution in [0.2, 0.25) is 0 Å². The summed E-state index contributed by atoms with van der Waals surface area (Å²) in [5.41, 5.74) is 1.06. The molecule has 1 aromatic carbocycles. The van der Waals surface area contributed by atoms with Crippen LogP contribution in [-0.2, 0) is 11.2 Å². The van der Waals surface area contributed by atoms with Crippen LogP contribution in [0.3, 0.4) is 0 Å². The molecular weight excluding hydrogens is 350 g/mol. The molecule has 7 heteroatoms. The highest BCUT2D eigenvalue weighted by Gasteiger charge is 2.23. The molecule has 0 aliphatic heterocycles. The maximum Gasteiger partial charge on any atom is 0.277 e. The number of rotatable bonds is 7. The average Bonchev–Trinajstić information content (AvgIpc) is 3.10. The molecule has 0 radical (unpaired) electrons. The lowest BCUT2D eigenvalue weighted by molar-refractivity contribution is -0.119. The van der Waals surface area contributed by atoms with Gasteiger partial charge in [0.2, 0.25) is 11.8 Å². The van der Waals surface area contributed by atoms with E-state index in [1.54, 1.807) is 7.11 Å². The van der Waals surface area contributed by atoms with Gasteiger partial charge in [0.15, 0.2) is 0 Å². The summed E-state index contributed by atoms with van der Waals surface area (Å²) in [5, 5.41) is 11.6. The summed E-state index contributed by atoms with van der Waals surface area (Å²) in [6, 6.07) is 8.03. The monoisotopic (exact) mass is 375 g/mol. The highest BCUT2D eigenvalue weighted by Crippen LogP contribution is 2.24. The SMILES string of the molecule is COc1ccc(Cc2nnc(SCC(=O)N[C@@H]3CCCC[C@@H]3C)o2)cc1. The summed E-state index contributed by atoms with van der Waals surface area (Å²) in [4.78, 5) is 12.2. The van der Waals surface area contributed by atoms with Crippen LogP contribution in [0.25, 0.3) is 0 Å². The number of nitrogens with zero attached hydrogens (tertiary/aromatic N) is 2. The largest absolute Gasteiger partial charge is 0.497 e. The Balaban J connectivity index is 1.46. The average molecular weight is 375 g/mol. The van der Waals surface area contributed by atoms with E-state index < -0.39 is 0 Å². The van der Waals surface area contributed by atoms with Gasteiger partial charge in [-0.1, -0.05) is 43.7 Å². The van der Waals surface area contributed by atoms with Gasteiger partial charge >= 0.3 is 0 Å². The van der Waals surface area contributed by atoms with Gasteiger partial charge < -0.3 is 14.5 Å². The minimum absolute atomic E-state index is 0.0312. The van der Waals surface area contributed by atoms with Crippen LogP contribution < -0.4 is 10.1 Å². The molecule has 6 nitrogen and oxygen atoms in total. The first-order valence-corrected chi connectivity index (χ1v) is 10.00. The molecule has 1 aromatic heterocycles. The molecular formula is C19H25N3O3S. The lowest BCUT2D eigenvalue weighted by Gasteiger charge is -2.29. The maximum absolute atomic E-state index is 12.2. The molecule has 0 saturated heterocycles. The Hall–Kier alpha value is -2.02. The van der Waals surface area contributed by atoms with Gasteiger partial charge in [-0.05, 0) is 36.5 Å². The van der Waals surface area contributed by atoms with Gasteiger partial charge in [0.05, 0.1) is 19.3 Å². The number of hydrogen-bond donors (Lipinski definition) is 1. The second kappa shape index (κ2) is 9.07. The van der Waals surface area contributed by atoms with Gasteiger partial charge in [-0.2, -0.15) is 0 Å². The van der Waals surface area contributed by atoms with E-state index in [9.17, 15) is 4.79 Å². The van der Waals surface area contributed by atoms with Crippen LogP contribution in [0.15, 0.2) is 33.9 Å². The number of amides is 1. The first-order chi connectivity index (χ1) is 12.6. The summed E-state index contributed by atoms with van der Waals surface area (Å²) >= 11 is 1.28. The zero-order valence-electron chi connectivity index (χ0n) is 15.2. The zero-order valence-corrected chi connectivity index (χ0v) is 16.1. The van der Waals surface area contributed by atoms with Crippen LogP contribution in [0.1, 0.15) is 44.1 Å². The Morgan fingerprint density at radius 2 is 2.04 bits per heavy atom. The second-order valence-corrected chi connectivity index (χ2v) is 7.64. The summed E-state index contributed by atoms with van der Waals surface area (Å²) < 4.78 is 10.8. The van der Waals surface area contributed by atoms with Gasteiger partial charge in [-0.15, -0.1) is 10.2 Å². The number of benzene rings is 1. The molecule has 3 rings (SSSR count). The smallest absolute Gasteiger partial charge is 0.277 e. The topological polar surface area (TPSA) is 77.2 Å². The van der Waals surface area contributed by atoms with Crippen LogP contribution in [0.4, 0.5) is 0 Å². The summed E-state index contributed by atoms with van der Waals surface area (Å²) in [5.74, 6) is 2.24. The van der Waals surface area contributed by atoms with Crippen LogP contribution in [0.5, 0.6) is 5.75 Å². The minimum atomic E-state index is 0.0312. The second-order valence-electron chi connectivity index (χ2n) is 6.71. The van der Waals surface area contributed by atoms with Crippen molar-refractivity contribution in [1.82, 2.24) is 15.5 Å². The Labute approximate surface area is 158 Å². The van der Waals surface area contributed by atoms with Crippen molar-refractivity contribution in [2.45, 2.75) is 50.3 Å². The Bertz CT molecular complexity index is 717. The van der Waals surface area contributed by atoms with Crippen LogP contribution >= 0.6 is 11.8 Å². The van der Waals surface area contributed by atoms with E-state index in [4.69, 9.17) is 9.15 Å². The van der Waals surface area contributed by atoms with Gasteiger partial charge in [0, 0.05) is 6.04 Å². The third-order valence-electron chi connectivity index (χ3n) is 4.75. The first-order valence-electron chi connectivity index (χ1n) is 9.01. The molecule has 0 spiro atoms. The number of hydrogen-bond acceptors (Lipinski definition) is 6. The normalized spacial score (nSPS) is 19.9. The lowest BCUT2D eigenvalue weighted by atomic mass is 9.86. The number of methoxy groups -OCH3 is 1. The molecule has 1 heterocycles. The minimum Gasteiger partial charge on any atom is -0.497 e. The molecule has 1 amide bonds. The molecule has 0 bridgehead atoms. The van der Waals surface area contributed by atoms with Crippen molar-refractivity contribution >= 4 is 17.7 Å². The number of nitrogens with one attached hydrogen (secondary N) is 1. The molecule has 0 unspecified atom stereocenters. The number of thioether (sulfide) groups is 1. The molecule has 1 aliphatic rings. The highest BCUT2D eigenvalue weighted by atomic mass is 32.2. The molecule has 1 aliphatic carbocycles. The summed E-state index contributed by atoms with van der Waals surface area (Å²) in [7, 11) is 1.64. The highest BCUT2D eigenvalue weighted by molar-refractivity contribution is 7.99. The van der Waals surface area contributed by atoms with Gasteiger partial charge in [-0.3, -0.25) is 4.79 Å². The zero-order chi connectivity index (χ0) is 18.4. The fourth-order valence-corrected chi connectivity index (χ4v) is 3.78. The predicted octanol–water partition coefficient (Wildman–Crippen LogP) is 3.46. The van der Waals surface area contributed by atoms with E-state index in [-0.39, 0.29) is 5.91 Å². The van der Waals surface area contributed by atoms with Crippen molar-refractivity contribution in [2.24, 2.45) is 5.92 Å². The third-order valence-corrected chi connectivity index (χ3v) is 5.57. The third kappa shape index (κ3) is 5.24. The Morgan fingerprint density at radius 1 is 1.27 bits per heavy atom. The summed E-state index contributed by atoms with van der Waals surface area (Å²) in [6.07, 6.45) is 5.28. The van der Waals surface area contributed by atoms with E-state index in [1.165, 1.54) is 31.0 Å². The van der Waals surface area contributed by atoms with Crippen molar-refractivity contribution in [3.05, 3.63) is 35.7 Å². The Kier molecular flexibility index (Phi) is 6.55. The maximum atomic E-state index is 12.2. The number of aromatic nitrogens is 2. The van der Waals surface area contributed by atoms with Crippen molar-refractivity contribution in [2.75, 3.05) is 12.9 Å². The Morgan fingerprint density at radius 3 is 2.77 bits per heavy atom. The van der Waals surface area contributed by atoms with Crippen molar-refractivity contribution in [3.8, 4) is 5.75 Å². The molecule has 140 valence electrons. The summed E-state index contributed by atoms with van der Waals surface area (Å²) in [6.45, 7) is 2.21. The van der Waals surface area contributed by atoms with Crippen LogP contribution in [-0.4, -0.2) is 35.0 Å². The van der Waals surface area contributed by atoms with E-state index in [0.717, 1.165) is 17.7 Å². The molecule has 2 aromatic rings. The van der Waals surface area contributed by atoms with Crippen molar-refractivity contribution in [3.63, 3.8) is 0 Å². The fraction of sp³-hybridized carbons (Fsp3) is 0.526. The fourth-order valence-electron chi connectivity index (χ4n) is 3.19. The molecule has 26 heavy (non-hydrogen) atoms. The van der Waals surface area contributed by atoms with Gasteiger partial charge in [0.1, 0.15) is 5.75 Å². The molecule has 1 fully saturated rings. The first kappa shape index (κ1) is 18.8. The van der Waals surface area contributed by atoms with E-state index >= 15 is 0 Å². The quantitative estimate of drug-likeness (QED) is 0.747. The standard InChI is InChI=1S/C19H25N3O3S/c1-13-5-3-4-6-16(13)20-17(23)12-26-19-22-21-18(25-19)11-14-7-9-15(24-2)10-8-14/h7-10,13,16H,3-6,11-12H2,1-2H3,(H,20,23)/t13-,16+/m0/s1. The van der Waals surface area contributed by atoms with Crippen molar-refractivity contribution in [1.29, 1.82) is 0 Å². The van der Waals surface area contributed by atoms with Gasteiger partial charge in [-0.25, -0.2) is 0 Å². The lowest BCUT2D eigenvalue weighted by Crippen LogP contribution is -2.41. The van der Waals surface area contributed by atoms with Crippen LogP contribution in [0, 0.1) is 5.92 Å². The van der Waals surface area contributed by atoms with E-state index in [1.807, 2.05) is 24.3 Å². The molecule has 2 atom stereocenters. The number of carbonyl (C=O) groups excluding carboxylic acids is 1. The number of ether oxygens (including phenoxy) is 1. The van der Waals surface area contributed by atoms with Gasteiger partial charge in [0.25, 0.3) is 5.22 Å². The predicted molar refractivity (Wildman–Crippen MR) is 100 cm³/mol. The molecule has 1 N–H and O–H groups in total. The molecule has 1 saturated carbocycles. The number of carbonyl (C=O) groups is 1. The van der Waals surface area contributed by atoms with Crippen molar-refractivity contribution < 1.29 is 13.9 Å². The van der Waals surface area contributed by atoms with E-state index in [0.29, 0.717) is 35.2 Å².